The number of nitriles is 1. The summed E-state index contributed by atoms with van der Waals surface area (Å²) in [6.45, 7) is 0.876. The molecule has 40 heavy (non-hydrogen) atoms. The molecule has 208 valence electrons. The number of fused-ring (bicyclic) bond motifs is 1. The monoisotopic (exact) mass is 557 g/mol. The number of alkyl halides is 3. The van der Waals surface area contributed by atoms with Gasteiger partial charge in [0.2, 0.25) is 5.56 Å². The van der Waals surface area contributed by atoms with Crippen molar-refractivity contribution < 1.29 is 31.9 Å². The lowest BCUT2D eigenvalue weighted by Crippen LogP contribution is -2.42. The van der Waals surface area contributed by atoms with Crippen LogP contribution in [0.3, 0.4) is 0 Å². The van der Waals surface area contributed by atoms with E-state index in [-0.39, 0.29) is 79.1 Å². The van der Waals surface area contributed by atoms with Gasteiger partial charge in [-0.1, -0.05) is 12.1 Å². The van der Waals surface area contributed by atoms with Crippen LogP contribution in [-0.4, -0.2) is 67.1 Å². The third kappa shape index (κ3) is 5.22. The molecule has 2 aliphatic heterocycles. The number of ether oxygens (including phenoxy) is 1. The van der Waals surface area contributed by atoms with E-state index in [1.54, 1.807) is 6.07 Å². The average Bonchev–Trinajstić information content (AvgIpc) is 3.40. The molecule has 0 unspecified atom stereocenters. The predicted molar refractivity (Wildman–Crippen MR) is 135 cm³/mol. The Kier molecular flexibility index (Phi) is 7.20. The minimum absolute atomic E-state index is 0.0698. The number of aromatic amines is 1. The normalized spacial score (nSPS) is 17.6. The molecular formula is C27H23F4N5O4. The summed E-state index contributed by atoms with van der Waals surface area (Å²) in [4.78, 5) is 43.7. The highest BCUT2D eigenvalue weighted by Crippen LogP contribution is 2.41. The van der Waals surface area contributed by atoms with Crippen molar-refractivity contribution >= 4 is 28.4 Å². The van der Waals surface area contributed by atoms with Gasteiger partial charge in [-0.25, -0.2) is 4.39 Å². The van der Waals surface area contributed by atoms with Gasteiger partial charge in [-0.15, -0.1) is 0 Å². The van der Waals surface area contributed by atoms with Gasteiger partial charge in [0.15, 0.2) is 0 Å². The number of hydrogen-bond donors (Lipinski definition) is 2. The molecule has 1 aromatic heterocycles. The number of carbonyl (C=O) groups excluding carboxylic acids is 2. The zero-order valence-electron chi connectivity index (χ0n) is 21.0. The second-order valence-electron chi connectivity index (χ2n) is 9.55. The Morgan fingerprint density at radius 3 is 2.55 bits per heavy atom. The Bertz CT molecular complexity index is 1590. The molecule has 2 aliphatic rings. The number of para-hydroxylation sites is 1. The van der Waals surface area contributed by atoms with Crippen molar-refractivity contribution in [3.05, 3.63) is 74.8 Å². The molecule has 0 saturated carbocycles. The van der Waals surface area contributed by atoms with Gasteiger partial charge in [-0.05, 0) is 24.6 Å². The fourth-order valence-electron chi connectivity index (χ4n) is 5.13. The Labute approximate surface area is 224 Å². The molecule has 0 bridgehead atoms. The standard InChI is InChI=1S/C27H23F4N5O4/c28-21-3-1-2-17-18(12-22(37)34-23(17)21)25(38)33-16-4-5-36(14-16)24-19(26(39)35-6-8-40-9-7-35)10-15(13-32)11-20(24)27(29,30)31/h1-3,10-12,16H,4-9,14H2,(H,33,38)(H,34,37)/t16-/m0/s1. The molecule has 3 aromatic rings. The first-order valence-electron chi connectivity index (χ1n) is 12.5. The summed E-state index contributed by atoms with van der Waals surface area (Å²) in [5, 5.41) is 12.3. The third-order valence-corrected chi connectivity index (χ3v) is 6.98. The van der Waals surface area contributed by atoms with Crippen LogP contribution in [0.25, 0.3) is 10.9 Å². The number of H-pyrrole nitrogens is 1. The third-order valence-electron chi connectivity index (χ3n) is 6.98. The zero-order valence-corrected chi connectivity index (χ0v) is 21.0. The number of benzene rings is 2. The molecule has 2 amide bonds. The highest BCUT2D eigenvalue weighted by atomic mass is 19.4. The maximum Gasteiger partial charge on any atom is 0.418 e. The van der Waals surface area contributed by atoms with Gasteiger partial charge >= 0.3 is 6.18 Å². The number of carbonyl (C=O) groups is 2. The lowest BCUT2D eigenvalue weighted by molar-refractivity contribution is -0.137. The molecule has 0 spiro atoms. The van der Waals surface area contributed by atoms with Gasteiger partial charge in [0.05, 0.1) is 52.7 Å². The molecule has 2 N–H and O–H groups in total. The number of amides is 2. The maximum absolute atomic E-state index is 14.2. The van der Waals surface area contributed by atoms with Crippen LogP contribution in [0.4, 0.5) is 23.2 Å². The molecule has 3 heterocycles. The smallest absolute Gasteiger partial charge is 0.378 e. The second-order valence-corrected chi connectivity index (χ2v) is 9.55. The Morgan fingerprint density at radius 2 is 1.85 bits per heavy atom. The molecule has 0 aliphatic carbocycles. The Balaban J connectivity index is 1.47. The van der Waals surface area contributed by atoms with Crippen molar-refractivity contribution in [3.8, 4) is 6.07 Å². The molecule has 9 nitrogen and oxygen atoms in total. The fraction of sp³-hybridized carbons (Fsp3) is 0.333. The first-order valence-corrected chi connectivity index (χ1v) is 12.5. The molecule has 13 heteroatoms. The largest absolute Gasteiger partial charge is 0.418 e. The van der Waals surface area contributed by atoms with E-state index < -0.39 is 41.0 Å². The highest BCUT2D eigenvalue weighted by Gasteiger charge is 2.40. The van der Waals surface area contributed by atoms with Crippen LogP contribution in [0.1, 0.15) is 38.3 Å². The van der Waals surface area contributed by atoms with E-state index in [2.05, 4.69) is 10.3 Å². The van der Waals surface area contributed by atoms with Crippen molar-refractivity contribution in [2.45, 2.75) is 18.6 Å². The van der Waals surface area contributed by atoms with Crippen LogP contribution < -0.4 is 15.8 Å². The number of anilines is 1. The summed E-state index contributed by atoms with van der Waals surface area (Å²) in [5.74, 6) is -2.05. The van der Waals surface area contributed by atoms with Crippen LogP contribution in [0.5, 0.6) is 0 Å². The number of aromatic nitrogens is 1. The van der Waals surface area contributed by atoms with Crippen molar-refractivity contribution in [2.75, 3.05) is 44.3 Å². The van der Waals surface area contributed by atoms with E-state index in [4.69, 9.17) is 4.74 Å². The molecule has 2 aromatic carbocycles. The van der Waals surface area contributed by atoms with E-state index in [0.29, 0.717) is 6.07 Å². The summed E-state index contributed by atoms with van der Waals surface area (Å²) >= 11 is 0. The zero-order chi connectivity index (χ0) is 28.6. The molecule has 0 radical (unpaired) electrons. The first kappa shape index (κ1) is 27.1. The maximum atomic E-state index is 14.2. The van der Waals surface area contributed by atoms with Gasteiger partial charge in [-0.3, -0.25) is 14.4 Å². The summed E-state index contributed by atoms with van der Waals surface area (Å²) in [5.41, 5.74) is -2.92. The van der Waals surface area contributed by atoms with E-state index >= 15 is 0 Å². The summed E-state index contributed by atoms with van der Waals surface area (Å²) in [6, 6.07) is 7.97. The summed E-state index contributed by atoms with van der Waals surface area (Å²) in [7, 11) is 0. The van der Waals surface area contributed by atoms with Crippen LogP contribution in [-0.2, 0) is 10.9 Å². The predicted octanol–water partition coefficient (Wildman–Crippen LogP) is 3.04. The van der Waals surface area contributed by atoms with Crippen molar-refractivity contribution in [1.29, 1.82) is 5.26 Å². The van der Waals surface area contributed by atoms with Gasteiger partial charge < -0.3 is 24.8 Å². The minimum atomic E-state index is -4.86. The quantitative estimate of drug-likeness (QED) is 0.477. The van der Waals surface area contributed by atoms with E-state index in [0.717, 1.165) is 18.2 Å². The number of morpholine rings is 1. The van der Waals surface area contributed by atoms with Crippen molar-refractivity contribution in [1.82, 2.24) is 15.2 Å². The number of nitrogens with one attached hydrogen (secondary N) is 2. The number of halogens is 4. The Morgan fingerprint density at radius 1 is 1.10 bits per heavy atom. The summed E-state index contributed by atoms with van der Waals surface area (Å²) in [6.07, 6.45) is -4.62. The van der Waals surface area contributed by atoms with Gasteiger partial charge in [0, 0.05) is 43.7 Å². The summed E-state index contributed by atoms with van der Waals surface area (Å²) < 4.78 is 62.2. The van der Waals surface area contributed by atoms with Gasteiger partial charge in [-0.2, -0.15) is 18.4 Å². The van der Waals surface area contributed by atoms with E-state index in [1.807, 2.05) is 0 Å². The lowest BCUT2D eigenvalue weighted by Gasteiger charge is -2.31. The first-order chi connectivity index (χ1) is 19.1. The van der Waals surface area contributed by atoms with Crippen LogP contribution in [0.15, 0.2) is 41.2 Å². The average molecular weight is 558 g/mol. The van der Waals surface area contributed by atoms with Gasteiger partial charge in [0.1, 0.15) is 5.82 Å². The van der Waals surface area contributed by atoms with Crippen LogP contribution in [0, 0.1) is 17.1 Å². The Hall–Kier alpha value is -4.44. The fourth-order valence-corrected chi connectivity index (χ4v) is 5.13. The highest BCUT2D eigenvalue weighted by molar-refractivity contribution is 6.06. The van der Waals surface area contributed by atoms with Crippen molar-refractivity contribution in [2.24, 2.45) is 0 Å². The number of pyridine rings is 1. The van der Waals surface area contributed by atoms with Gasteiger partial charge in [0.25, 0.3) is 11.8 Å². The van der Waals surface area contributed by atoms with Crippen LogP contribution >= 0.6 is 0 Å². The second kappa shape index (κ2) is 10.6. The molecular weight excluding hydrogens is 534 g/mol. The van der Waals surface area contributed by atoms with E-state index in [1.165, 1.54) is 21.9 Å². The lowest BCUT2D eigenvalue weighted by atomic mass is 10.00. The SMILES string of the molecule is N#Cc1cc(C(=O)N2CCOCC2)c(N2CC[C@H](NC(=O)c3cc(=O)[nH]c4c(F)cccc34)C2)c(C(F)(F)F)c1. The van der Waals surface area contributed by atoms with Crippen LogP contribution in [0.2, 0.25) is 0 Å². The molecule has 2 fully saturated rings. The molecule has 5 rings (SSSR count). The van der Waals surface area contributed by atoms with Crippen molar-refractivity contribution in [3.63, 3.8) is 0 Å². The minimum Gasteiger partial charge on any atom is -0.378 e. The molecule has 2 saturated heterocycles. The topological polar surface area (TPSA) is 119 Å². The number of nitrogens with zero attached hydrogens (tertiary/aromatic N) is 3. The molecule has 1 atom stereocenters. The van der Waals surface area contributed by atoms with E-state index in [9.17, 15) is 37.2 Å². The number of rotatable bonds is 4. The number of hydrogen-bond acceptors (Lipinski definition) is 6.